The molecule has 1 aromatic rings. The van der Waals surface area contributed by atoms with E-state index >= 15 is 0 Å². The van der Waals surface area contributed by atoms with Gasteiger partial charge >= 0.3 is 0 Å². The van der Waals surface area contributed by atoms with Crippen LogP contribution >= 0.6 is 12.4 Å². The monoisotopic (exact) mass is 417 g/mol. The zero-order chi connectivity index (χ0) is 18.6. The molecule has 9 heteroatoms. The standard InChI is InChI=1S/C18H27N3O4S.ClH/c19-12-15-6-9-17(25-15)18(22)20-13-14-4-7-16(8-5-14)26(23,24)21-10-2-1-3-11-21;/h4-5,7-8,15,17H,1-3,6,9-13,19H2,(H,20,22);1H/t15-,17+;/m1./s1. The molecule has 7 nitrogen and oxygen atoms in total. The molecular weight excluding hydrogens is 390 g/mol. The van der Waals surface area contributed by atoms with Gasteiger partial charge in [-0.1, -0.05) is 18.6 Å². The number of rotatable bonds is 6. The van der Waals surface area contributed by atoms with E-state index in [2.05, 4.69) is 5.32 Å². The highest BCUT2D eigenvalue weighted by atomic mass is 35.5. The van der Waals surface area contributed by atoms with Crippen LogP contribution in [0.25, 0.3) is 0 Å². The quantitative estimate of drug-likeness (QED) is 0.728. The molecule has 0 saturated carbocycles. The molecule has 152 valence electrons. The van der Waals surface area contributed by atoms with Crippen LogP contribution in [-0.2, 0) is 26.1 Å². The molecule has 1 aromatic carbocycles. The Morgan fingerprint density at radius 3 is 2.41 bits per heavy atom. The van der Waals surface area contributed by atoms with Gasteiger partial charge in [0.05, 0.1) is 11.0 Å². The minimum Gasteiger partial charge on any atom is -0.364 e. The minimum absolute atomic E-state index is 0. The van der Waals surface area contributed by atoms with Gasteiger partial charge in [-0.3, -0.25) is 4.79 Å². The second-order valence-corrected chi connectivity index (χ2v) is 8.82. The molecule has 3 N–H and O–H groups in total. The highest BCUT2D eigenvalue weighted by Crippen LogP contribution is 2.21. The van der Waals surface area contributed by atoms with Gasteiger partial charge in [-0.05, 0) is 43.4 Å². The number of hydrogen-bond acceptors (Lipinski definition) is 5. The lowest BCUT2D eigenvalue weighted by Gasteiger charge is -2.25. The van der Waals surface area contributed by atoms with Gasteiger partial charge in [0.25, 0.3) is 0 Å². The molecule has 2 aliphatic rings. The van der Waals surface area contributed by atoms with E-state index in [-0.39, 0.29) is 24.4 Å². The molecule has 0 bridgehead atoms. The predicted molar refractivity (Wildman–Crippen MR) is 105 cm³/mol. The van der Waals surface area contributed by atoms with Crippen molar-refractivity contribution in [3.05, 3.63) is 29.8 Å². The van der Waals surface area contributed by atoms with Gasteiger partial charge in [-0.15, -0.1) is 12.4 Å². The first-order valence-electron chi connectivity index (χ1n) is 9.23. The Kier molecular flexibility index (Phi) is 8.05. The van der Waals surface area contributed by atoms with Crippen LogP contribution in [0.4, 0.5) is 0 Å². The van der Waals surface area contributed by atoms with Gasteiger partial charge in [0.2, 0.25) is 15.9 Å². The van der Waals surface area contributed by atoms with E-state index in [1.54, 1.807) is 28.6 Å². The highest BCUT2D eigenvalue weighted by Gasteiger charge is 2.29. The van der Waals surface area contributed by atoms with Crippen LogP contribution in [0.1, 0.15) is 37.7 Å². The summed E-state index contributed by atoms with van der Waals surface area (Å²) >= 11 is 0. The second kappa shape index (κ2) is 9.84. The predicted octanol–water partition coefficient (Wildman–Crippen LogP) is 1.41. The van der Waals surface area contributed by atoms with Gasteiger partial charge in [-0.2, -0.15) is 4.31 Å². The summed E-state index contributed by atoms with van der Waals surface area (Å²) in [6, 6.07) is 6.72. The number of carbonyl (C=O) groups excluding carboxylic acids is 1. The van der Waals surface area contributed by atoms with Crippen molar-refractivity contribution >= 4 is 28.3 Å². The number of piperidine rings is 1. The van der Waals surface area contributed by atoms with Crippen LogP contribution in [0, 0.1) is 0 Å². The summed E-state index contributed by atoms with van der Waals surface area (Å²) in [7, 11) is -3.42. The Balaban J connectivity index is 0.00000261. The average Bonchev–Trinajstić information content (AvgIpc) is 3.16. The van der Waals surface area contributed by atoms with Gasteiger partial charge in [-0.25, -0.2) is 8.42 Å². The van der Waals surface area contributed by atoms with E-state index in [0.717, 1.165) is 31.2 Å². The number of benzene rings is 1. The van der Waals surface area contributed by atoms with Gasteiger partial charge in [0.15, 0.2) is 0 Å². The number of sulfonamides is 1. The fourth-order valence-electron chi connectivity index (χ4n) is 3.41. The third-order valence-electron chi connectivity index (χ3n) is 5.01. The lowest BCUT2D eigenvalue weighted by molar-refractivity contribution is -0.132. The second-order valence-electron chi connectivity index (χ2n) is 6.89. The third kappa shape index (κ3) is 5.42. The lowest BCUT2D eigenvalue weighted by Crippen LogP contribution is -2.35. The Morgan fingerprint density at radius 2 is 1.81 bits per heavy atom. The molecule has 3 rings (SSSR count). The molecule has 0 aromatic heterocycles. The fraction of sp³-hybridized carbons (Fsp3) is 0.611. The van der Waals surface area contributed by atoms with E-state index in [0.29, 0.717) is 37.5 Å². The molecule has 1 amide bonds. The van der Waals surface area contributed by atoms with Gasteiger partial charge < -0.3 is 15.8 Å². The number of amides is 1. The smallest absolute Gasteiger partial charge is 0.249 e. The summed E-state index contributed by atoms with van der Waals surface area (Å²) in [5.41, 5.74) is 6.41. The summed E-state index contributed by atoms with van der Waals surface area (Å²) in [5.74, 6) is -0.147. The molecule has 2 heterocycles. The molecule has 0 unspecified atom stereocenters. The number of ether oxygens (including phenoxy) is 1. The van der Waals surface area contributed by atoms with Crippen molar-refractivity contribution in [2.45, 2.75) is 55.8 Å². The first-order valence-corrected chi connectivity index (χ1v) is 10.7. The van der Waals surface area contributed by atoms with Crippen molar-refractivity contribution in [3.63, 3.8) is 0 Å². The van der Waals surface area contributed by atoms with Crippen molar-refractivity contribution in [1.82, 2.24) is 9.62 Å². The van der Waals surface area contributed by atoms with Gasteiger partial charge in [0.1, 0.15) is 6.10 Å². The SMILES string of the molecule is Cl.NC[C@H]1CC[C@@H](C(=O)NCc2ccc(S(=O)(=O)N3CCCCC3)cc2)O1. The van der Waals surface area contributed by atoms with Crippen molar-refractivity contribution in [1.29, 1.82) is 0 Å². The molecule has 0 aliphatic carbocycles. The van der Waals surface area contributed by atoms with Crippen LogP contribution < -0.4 is 11.1 Å². The van der Waals surface area contributed by atoms with Crippen molar-refractivity contribution < 1.29 is 17.9 Å². The van der Waals surface area contributed by atoms with Gasteiger partial charge in [0, 0.05) is 26.2 Å². The van der Waals surface area contributed by atoms with Crippen LogP contribution in [0.15, 0.2) is 29.2 Å². The summed E-state index contributed by atoms with van der Waals surface area (Å²) in [5, 5.41) is 2.84. The summed E-state index contributed by atoms with van der Waals surface area (Å²) in [6.45, 7) is 1.95. The van der Waals surface area contributed by atoms with Crippen molar-refractivity contribution in [3.8, 4) is 0 Å². The molecular formula is C18H28ClN3O4S. The number of carbonyl (C=O) groups is 1. The summed E-state index contributed by atoms with van der Waals surface area (Å²) in [4.78, 5) is 12.4. The fourth-order valence-corrected chi connectivity index (χ4v) is 4.93. The summed E-state index contributed by atoms with van der Waals surface area (Å²) in [6.07, 6.45) is 3.92. The highest BCUT2D eigenvalue weighted by molar-refractivity contribution is 7.89. The molecule has 2 atom stereocenters. The maximum atomic E-state index is 12.6. The van der Waals surface area contributed by atoms with Crippen LogP contribution in [0.2, 0.25) is 0 Å². The molecule has 2 aliphatic heterocycles. The van der Waals surface area contributed by atoms with Crippen LogP contribution in [0.3, 0.4) is 0 Å². The zero-order valence-corrected chi connectivity index (χ0v) is 16.9. The van der Waals surface area contributed by atoms with E-state index in [9.17, 15) is 13.2 Å². The Hall–Kier alpha value is -1.19. The molecule has 2 saturated heterocycles. The zero-order valence-electron chi connectivity index (χ0n) is 15.3. The third-order valence-corrected chi connectivity index (χ3v) is 6.92. The van der Waals surface area contributed by atoms with E-state index < -0.39 is 16.1 Å². The topological polar surface area (TPSA) is 102 Å². The molecule has 27 heavy (non-hydrogen) atoms. The molecule has 0 spiro atoms. The minimum atomic E-state index is -3.42. The van der Waals surface area contributed by atoms with Crippen LogP contribution in [0.5, 0.6) is 0 Å². The average molecular weight is 418 g/mol. The maximum Gasteiger partial charge on any atom is 0.249 e. The maximum absolute atomic E-state index is 12.6. The van der Waals surface area contributed by atoms with Crippen molar-refractivity contribution in [2.75, 3.05) is 19.6 Å². The number of nitrogens with two attached hydrogens (primary N) is 1. The van der Waals surface area contributed by atoms with E-state index in [1.807, 2.05) is 0 Å². The molecule has 0 radical (unpaired) electrons. The number of nitrogens with zero attached hydrogens (tertiary/aromatic N) is 1. The largest absolute Gasteiger partial charge is 0.364 e. The first kappa shape index (κ1) is 22.1. The van der Waals surface area contributed by atoms with E-state index in [1.165, 1.54) is 0 Å². The first-order chi connectivity index (χ1) is 12.5. The number of halogens is 1. The summed E-state index contributed by atoms with van der Waals surface area (Å²) < 4.78 is 32.4. The van der Waals surface area contributed by atoms with Crippen LogP contribution in [-0.4, -0.2) is 50.5 Å². The Labute approximate surface area is 167 Å². The lowest BCUT2D eigenvalue weighted by atomic mass is 10.2. The number of hydrogen-bond donors (Lipinski definition) is 2. The van der Waals surface area contributed by atoms with E-state index in [4.69, 9.17) is 10.5 Å². The molecule has 2 fully saturated rings. The normalized spacial score (nSPS) is 23.6. The van der Waals surface area contributed by atoms with Crippen molar-refractivity contribution in [2.24, 2.45) is 5.73 Å². The Bertz CT molecular complexity index is 721. The Morgan fingerprint density at radius 1 is 1.15 bits per heavy atom. The number of nitrogens with one attached hydrogen (secondary N) is 1.